The lowest BCUT2D eigenvalue weighted by atomic mass is 10.2. The van der Waals surface area contributed by atoms with Gasteiger partial charge in [-0.05, 0) is 32.4 Å². The average Bonchev–Trinajstić information content (AvgIpc) is 2.69. The standard InChI is InChI=1S/C13H14N2OS/c1-9(16)6-7-12-10(2)15-13(17-12)11-5-3-4-8-14-11/h3-5,8H,6-7H2,1-2H3. The van der Waals surface area contributed by atoms with E-state index in [4.69, 9.17) is 0 Å². The summed E-state index contributed by atoms with van der Waals surface area (Å²) in [4.78, 5) is 20.9. The van der Waals surface area contributed by atoms with Crippen molar-refractivity contribution in [1.29, 1.82) is 0 Å². The Hall–Kier alpha value is -1.55. The summed E-state index contributed by atoms with van der Waals surface area (Å²) < 4.78 is 0. The lowest BCUT2D eigenvalue weighted by Gasteiger charge is -1.94. The number of hydrogen-bond acceptors (Lipinski definition) is 4. The van der Waals surface area contributed by atoms with Crippen LogP contribution in [-0.4, -0.2) is 15.8 Å². The second-order valence-electron chi connectivity index (χ2n) is 3.94. The van der Waals surface area contributed by atoms with E-state index in [9.17, 15) is 4.79 Å². The van der Waals surface area contributed by atoms with Crippen LogP contribution < -0.4 is 0 Å². The van der Waals surface area contributed by atoms with Gasteiger partial charge < -0.3 is 4.79 Å². The van der Waals surface area contributed by atoms with Crippen LogP contribution in [0.15, 0.2) is 24.4 Å². The normalized spacial score (nSPS) is 10.5. The van der Waals surface area contributed by atoms with Crippen molar-refractivity contribution in [1.82, 2.24) is 9.97 Å². The quantitative estimate of drug-likeness (QED) is 0.832. The molecule has 0 unspecified atom stereocenters. The molecule has 0 radical (unpaired) electrons. The van der Waals surface area contributed by atoms with Crippen molar-refractivity contribution in [3.05, 3.63) is 35.0 Å². The zero-order valence-corrected chi connectivity index (χ0v) is 10.8. The maximum absolute atomic E-state index is 11.0. The first-order chi connectivity index (χ1) is 8.16. The number of thiazole rings is 1. The van der Waals surface area contributed by atoms with Gasteiger partial charge in [-0.3, -0.25) is 4.98 Å². The molecule has 17 heavy (non-hydrogen) atoms. The molecule has 0 aliphatic carbocycles. The zero-order valence-electron chi connectivity index (χ0n) is 9.93. The molecule has 0 aromatic carbocycles. The molecule has 0 bridgehead atoms. The molecule has 0 N–H and O–H groups in total. The summed E-state index contributed by atoms with van der Waals surface area (Å²) in [5.41, 5.74) is 1.91. The summed E-state index contributed by atoms with van der Waals surface area (Å²) in [6.07, 6.45) is 3.14. The Labute approximate surface area is 105 Å². The van der Waals surface area contributed by atoms with Crippen LogP contribution in [0.3, 0.4) is 0 Å². The molecule has 2 heterocycles. The molecule has 88 valence electrons. The molecule has 2 aromatic rings. The van der Waals surface area contributed by atoms with E-state index in [-0.39, 0.29) is 5.78 Å². The maximum atomic E-state index is 11.0. The monoisotopic (exact) mass is 246 g/mol. The molecule has 0 aliphatic heterocycles. The number of nitrogens with zero attached hydrogens (tertiary/aromatic N) is 2. The molecular weight excluding hydrogens is 232 g/mol. The predicted molar refractivity (Wildman–Crippen MR) is 69.1 cm³/mol. The number of hydrogen-bond donors (Lipinski definition) is 0. The van der Waals surface area contributed by atoms with Gasteiger partial charge in [-0.1, -0.05) is 6.07 Å². The van der Waals surface area contributed by atoms with Crippen molar-refractivity contribution in [2.24, 2.45) is 0 Å². The molecule has 3 nitrogen and oxygen atoms in total. The van der Waals surface area contributed by atoms with Gasteiger partial charge in [0, 0.05) is 17.5 Å². The van der Waals surface area contributed by atoms with Gasteiger partial charge in [-0.2, -0.15) is 0 Å². The van der Waals surface area contributed by atoms with Crippen LogP contribution in [0.5, 0.6) is 0 Å². The number of carbonyl (C=O) groups excluding carboxylic acids is 1. The highest BCUT2D eigenvalue weighted by Crippen LogP contribution is 2.27. The minimum Gasteiger partial charge on any atom is -0.300 e. The fourth-order valence-corrected chi connectivity index (χ4v) is 2.59. The first-order valence-corrected chi connectivity index (χ1v) is 6.35. The third kappa shape index (κ3) is 2.97. The number of ketones is 1. The molecule has 4 heteroatoms. The van der Waals surface area contributed by atoms with Gasteiger partial charge in [0.05, 0.1) is 11.4 Å². The van der Waals surface area contributed by atoms with E-state index in [1.54, 1.807) is 24.5 Å². The minimum atomic E-state index is 0.220. The van der Waals surface area contributed by atoms with Crippen molar-refractivity contribution in [2.45, 2.75) is 26.7 Å². The van der Waals surface area contributed by atoms with E-state index < -0.39 is 0 Å². The Morgan fingerprint density at radius 1 is 1.41 bits per heavy atom. The summed E-state index contributed by atoms with van der Waals surface area (Å²) in [6, 6.07) is 5.79. The van der Waals surface area contributed by atoms with Gasteiger partial charge in [-0.25, -0.2) is 4.98 Å². The molecule has 0 saturated heterocycles. The largest absolute Gasteiger partial charge is 0.300 e. The molecule has 0 amide bonds. The maximum Gasteiger partial charge on any atom is 0.142 e. The van der Waals surface area contributed by atoms with Crippen LogP contribution in [0.25, 0.3) is 10.7 Å². The van der Waals surface area contributed by atoms with Gasteiger partial charge in [0.1, 0.15) is 10.8 Å². The molecule has 2 aromatic heterocycles. The summed E-state index contributed by atoms with van der Waals surface area (Å²) in [7, 11) is 0. The zero-order chi connectivity index (χ0) is 12.3. The molecule has 0 spiro atoms. The smallest absolute Gasteiger partial charge is 0.142 e. The Kier molecular flexibility index (Phi) is 3.64. The molecular formula is C13H14N2OS. The van der Waals surface area contributed by atoms with E-state index in [2.05, 4.69) is 9.97 Å². The van der Waals surface area contributed by atoms with Crippen LogP contribution in [0.2, 0.25) is 0 Å². The summed E-state index contributed by atoms with van der Waals surface area (Å²) in [5, 5.41) is 0.932. The van der Waals surface area contributed by atoms with E-state index in [1.165, 1.54) is 4.88 Å². The second-order valence-corrected chi connectivity index (χ2v) is 5.03. The Balaban J connectivity index is 2.22. The first-order valence-electron chi connectivity index (χ1n) is 5.54. The third-order valence-electron chi connectivity index (χ3n) is 2.48. The molecule has 0 atom stereocenters. The van der Waals surface area contributed by atoms with E-state index in [0.717, 1.165) is 22.8 Å². The van der Waals surface area contributed by atoms with Gasteiger partial charge in [0.25, 0.3) is 0 Å². The molecule has 0 saturated carbocycles. The van der Waals surface area contributed by atoms with Crippen molar-refractivity contribution in [3.63, 3.8) is 0 Å². The van der Waals surface area contributed by atoms with E-state index >= 15 is 0 Å². The van der Waals surface area contributed by atoms with Crippen LogP contribution >= 0.6 is 11.3 Å². The van der Waals surface area contributed by atoms with E-state index in [1.807, 2.05) is 25.1 Å². The lowest BCUT2D eigenvalue weighted by Crippen LogP contribution is -1.93. The summed E-state index contributed by atoms with van der Waals surface area (Å²) in [5.74, 6) is 0.220. The Morgan fingerprint density at radius 3 is 2.88 bits per heavy atom. The minimum absolute atomic E-state index is 0.220. The number of aromatic nitrogens is 2. The van der Waals surface area contributed by atoms with Crippen LogP contribution in [0, 0.1) is 6.92 Å². The number of Topliss-reactive ketones (excluding diaryl/α,β-unsaturated/α-hetero) is 1. The fraction of sp³-hybridized carbons (Fsp3) is 0.308. The van der Waals surface area contributed by atoms with Gasteiger partial charge >= 0.3 is 0 Å². The van der Waals surface area contributed by atoms with E-state index in [0.29, 0.717) is 6.42 Å². The topological polar surface area (TPSA) is 42.9 Å². The number of pyridine rings is 1. The SMILES string of the molecule is CC(=O)CCc1sc(-c2ccccn2)nc1C. The average molecular weight is 246 g/mol. The number of carbonyl (C=O) groups is 1. The van der Waals surface area contributed by atoms with Crippen molar-refractivity contribution >= 4 is 17.1 Å². The number of rotatable bonds is 4. The van der Waals surface area contributed by atoms with Gasteiger partial charge in [0.2, 0.25) is 0 Å². The number of aryl methyl sites for hydroxylation is 2. The highest BCUT2D eigenvalue weighted by atomic mass is 32.1. The lowest BCUT2D eigenvalue weighted by molar-refractivity contribution is -0.116. The fourth-order valence-electron chi connectivity index (χ4n) is 1.55. The van der Waals surface area contributed by atoms with Crippen molar-refractivity contribution in [2.75, 3.05) is 0 Å². The van der Waals surface area contributed by atoms with Crippen LogP contribution in [0.1, 0.15) is 23.9 Å². The second kappa shape index (κ2) is 5.19. The van der Waals surface area contributed by atoms with Gasteiger partial charge in [-0.15, -0.1) is 11.3 Å². The predicted octanol–water partition coefficient (Wildman–Crippen LogP) is 3.04. The van der Waals surface area contributed by atoms with Crippen LogP contribution in [0.4, 0.5) is 0 Å². The van der Waals surface area contributed by atoms with Gasteiger partial charge in [0.15, 0.2) is 0 Å². The van der Waals surface area contributed by atoms with Crippen molar-refractivity contribution < 1.29 is 4.79 Å². The molecule has 0 fully saturated rings. The highest BCUT2D eigenvalue weighted by molar-refractivity contribution is 7.15. The highest BCUT2D eigenvalue weighted by Gasteiger charge is 2.10. The third-order valence-corrected chi connectivity index (χ3v) is 3.72. The molecule has 2 rings (SSSR count). The Bertz CT molecular complexity index is 519. The molecule has 0 aliphatic rings. The van der Waals surface area contributed by atoms with Crippen LogP contribution in [-0.2, 0) is 11.2 Å². The summed E-state index contributed by atoms with van der Waals surface area (Å²) in [6.45, 7) is 3.61. The first kappa shape index (κ1) is 11.9. The summed E-state index contributed by atoms with van der Waals surface area (Å²) >= 11 is 1.63. The van der Waals surface area contributed by atoms with Crippen molar-refractivity contribution in [3.8, 4) is 10.7 Å². The Morgan fingerprint density at radius 2 is 2.24 bits per heavy atom.